The SMILES string of the molecule is NOS(=O)(=O)NCCO. The van der Waals surface area contributed by atoms with E-state index in [1.165, 1.54) is 0 Å². The first kappa shape index (κ1) is 8.79. The van der Waals surface area contributed by atoms with Gasteiger partial charge < -0.3 is 5.11 Å². The molecule has 0 spiro atoms. The van der Waals surface area contributed by atoms with Gasteiger partial charge in [-0.25, -0.2) is 0 Å². The maximum absolute atomic E-state index is 10.2. The Bertz CT molecular complexity index is 152. The molecule has 0 atom stereocenters. The first-order chi connectivity index (χ1) is 4.12. The lowest BCUT2D eigenvalue weighted by Gasteiger charge is -1.98. The second-order valence-corrected chi connectivity index (χ2v) is 2.56. The summed E-state index contributed by atoms with van der Waals surface area (Å²) in [7, 11) is -3.81. The Labute approximate surface area is 52.8 Å². The van der Waals surface area contributed by atoms with Gasteiger partial charge >= 0.3 is 10.3 Å². The second-order valence-electron chi connectivity index (χ2n) is 1.17. The van der Waals surface area contributed by atoms with Crippen LogP contribution in [-0.2, 0) is 14.6 Å². The molecule has 0 bridgehead atoms. The highest BCUT2D eigenvalue weighted by Gasteiger charge is 2.04. The van der Waals surface area contributed by atoms with E-state index in [2.05, 4.69) is 10.2 Å². The molecule has 0 aromatic heterocycles. The summed E-state index contributed by atoms with van der Waals surface area (Å²) in [5, 5.41) is 8.10. The van der Waals surface area contributed by atoms with Gasteiger partial charge in [-0.15, -0.1) is 0 Å². The van der Waals surface area contributed by atoms with E-state index in [1.807, 2.05) is 4.72 Å². The van der Waals surface area contributed by atoms with Crippen LogP contribution in [0.25, 0.3) is 0 Å². The Hall–Kier alpha value is -0.210. The van der Waals surface area contributed by atoms with Crippen LogP contribution < -0.4 is 10.6 Å². The molecular formula is C2H8N2O4S. The molecule has 0 unspecified atom stereocenters. The molecule has 0 saturated heterocycles. The minimum atomic E-state index is -3.81. The molecule has 0 amide bonds. The van der Waals surface area contributed by atoms with Crippen LogP contribution in [-0.4, -0.2) is 26.7 Å². The Balaban J connectivity index is 3.61. The van der Waals surface area contributed by atoms with E-state index in [-0.39, 0.29) is 13.2 Å². The van der Waals surface area contributed by atoms with Gasteiger partial charge in [0.2, 0.25) is 0 Å². The molecule has 7 heteroatoms. The highest BCUT2D eigenvalue weighted by atomic mass is 32.2. The Kier molecular flexibility index (Phi) is 3.66. The van der Waals surface area contributed by atoms with Crippen LogP contribution in [0.2, 0.25) is 0 Å². The largest absolute Gasteiger partial charge is 0.395 e. The molecule has 6 nitrogen and oxygen atoms in total. The van der Waals surface area contributed by atoms with Crippen LogP contribution >= 0.6 is 0 Å². The van der Waals surface area contributed by atoms with Gasteiger partial charge in [-0.1, -0.05) is 0 Å². The van der Waals surface area contributed by atoms with Gasteiger partial charge in [0.15, 0.2) is 0 Å². The topological polar surface area (TPSA) is 102 Å². The summed E-state index contributed by atoms with van der Waals surface area (Å²) in [6.45, 7) is -0.387. The van der Waals surface area contributed by atoms with Crippen molar-refractivity contribution in [3.8, 4) is 0 Å². The van der Waals surface area contributed by atoms with Crippen LogP contribution in [0.1, 0.15) is 0 Å². The fourth-order valence-electron chi connectivity index (χ4n) is 0.205. The summed E-state index contributed by atoms with van der Waals surface area (Å²) < 4.78 is 25.7. The Morgan fingerprint density at radius 2 is 2.22 bits per heavy atom. The van der Waals surface area contributed by atoms with Crippen molar-refractivity contribution < 1.29 is 17.8 Å². The number of aliphatic hydroxyl groups excluding tert-OH is 1. The summed E-state index contributed by atoms with van der Waals surface area (Å²) in [6.07, 6.45) is 0. The molecule has 0 aliphatic carbocycles. The number of rotatable bonds is 4. The minimum Gasteiger partial charge on any atom is -0.395 e. The fraction of sp³-hybridized carbons (Fsp3) is 1.00. The lowest BCUT2D eigenvalue weighted by Crippen LogP contribution is -2.30. The predicted molar refractivity (Wildman–Crippen MR) is 29.3 cm³/mol. The smallest absolute Gasteiger partial charge is 0.351 e. The van der Waals surface area contributed by atoms with Gasteiger partial charge in [0.25, 0.3) is 0 Å². The molecule has 0 aromatic carbocycles. The van der Waals surface area contributed by atoms with E-state index in [0.717, 1.165) is 0 Å². The van der Waals surface area contributed by atoms with E-state index >= 15 is 0 Å². The zero-order valence-electron chi connectivity index (χ0n) is 4.57. The van der Waals surface area contributed by atoms with E-state index in [0.29, 0.717) is 0 Å². The highest BCUT2D eigenvalue weighted by Crippen LogP contribution is 1.76. The van der Waals surface area contributed by atoms with Crippen molar-refractivity contribution in [3.05, 3.63) is 0 Å². The summed E-state index contributed by atoms with van der Waals surface area (Å²) in [6, 6.07) is 0. The van der Waals surface area contributed by atoms with Gasteiger partial charge in [-0.2, -0.15) is 23.3 Å². The number of nitrogens with one attached hydrogen (secondary N) is 1. The van der Waals surface area contributed by atoms with Gasteiger partial charge in [-0.05, 0) is 0 Å². The average molecular weight is 156 g/mol. The molecule has 0 aliphatic heterocycles. The average Bonchev–Trinajstić information content (AvgIpc) is 1.84. The first-order valence-electron chi connectivity index (χ1n) is 2.11. The molecule has 56 valence electrons. The van der Waals surface area contributed by atoms with E-state index in [1.54, 1.807) is 0 Å². The molecule has 0 saturated carbocycles. The molecule has 0 aromatic rings. The highest BCUT2D eigenvalue weighted by molar-refractivity contribution is 7.84. The third kappa shape index (κ3) is 4.30. The third-order valence-electron chi connectivity index (χ3n) is 0.517. The Morgan fingerprint density at radius 3 is 2.56 bits per heavy atom. The third-order valence-corrected chi connectivity index (χ3v) is 1.33. The van der Waals surface area contributed by atoms with Crippen LogP contribution in [0.5, 0.6) is 0 Å². The van der Waals surface area contributed by atoms with Gasteiger partial charge in [0, 0.05) is 6.54 Å². The van der Waals surface area contributed by atoms with Crippen molar-refractivity contribution in [1.82, 2.24) is 4.72 Å². The van der Waals surface area contributed by atoms with Gasteiger partial charge in [0.1, 0.15) is 0 Å². The van der Waals surface area contributed by atoms with Gasteiger partial charge in [-0.3, -0.25) is 0 Å². The lowest BCUT2D eigenvalue weighted by molar-refractivity contribution is 0.288. The minimum absolute atomic E-state index is 0.0977. The Morgan fingerprint density at radius 1 is 1.67 bits per heavy atom. The monoisotopic (exact) mass is 156 g/mol. The number of nitrogens with two attached hydrogens (primary N) is 1. The van der Waals surface area contributed by atoms with Crippen molar-refractivity contribution in [2.45, 2.75) is 0 Å². The standard InChI is InChI=1S/C2H8N2O4S/c3-8-9(6,7)4-1-2-5/h4-5H,1-3H2. The van der Waals surface area contributed by atoms with Crippen LogP contribution in [0, 0.1) is 0 Å². The van der Waals surface area contributed by atoms with Crippen molar-refractivity contribution in [1.29, 1.82) is 0 Å². The summed E-state index contributed by atoms with van der Waals surface area (Å²) >= 11 is 0. The summed E-state index contributed by atoms with van der Waals surface area (Å²) in [4.78, 5) is 0. The molecule has 0 fully saturated rings. The molecule has 0 aliphatic rings. The second kappa shape index (κ2) is 3.75. The molecule has 0 rings (SSSR count). The zero-order valence-corrected chi connectivity index (χ0v) is 5.39. The van der Waals surface area contributed by atoms with Crippen LogP contribution in [0.15, 0.2) is 0 Å². The summed E-state index contributed by atoms with van der Waals surface area (Å²) in [5.74, 6) is 4.31. The van der Waals surface area contributed by atoms with Crippen LogP contribution in [0.4, 0.5) is 0 Å². The van der Waals surface area contributed by atoms with E-state index in [9.17, 15) is 8.42 Å². The summed E-state index contributed by atoms with van der Waals surface area (Å²) in [5.41, 5.74) is 0. The van der Waals surface area contributed by atoms with Crippen molar-refractivity contribution in [2.24, 2.45) is 5.90 Å². The van der Waals surface area contributed by atoms with Crippen molar-refractivity contribution >= 4 is 10.3 Å². The van der Waals surface area contributed by atoms with E-state index in [4.69, 9.17) is 5.11 Å². The maximum Gasteiger partial charge on any atom is 0.351 e. The van der Waals surface area contributed by atoms with Gasteiger partial charge in [0.05, 0.1) is 6.61 Å². The number of hydrogen-bond donors (Lipinski definition) is 3. The molecule has 0 radical (unpaired) electrons. The number of hydrogen-bond acceptors (Lipinski definition) is 5. The number of aliphatic hydroxyl groups is 1. The first-order valence-corrected chi connectivity index (χ1v) is 3.52. The molecule has 9 heavy (non-hydrogen) atoms. The normalized spacial score (nSPS) is 11.8. The fourth-order valence-corrected chi connectivity index (χ4v) is 0.614. The molecular weight excluding hydrogens is 148 g/mol. The van der Waals surface area contributed by atoms with Crippen molar-refractivity contribution in [3.63, 3.8) is 0 Å². The predicted octanol–water partition coefficient (Wildman–Crippen LogP) is -2.30. The van der Waals surface area contributed by atoms with E-state index < -0.39 is 10.3 Å². The zero-order chi connectivity index (χ0) is 7.33. The quantitative estimate of drug-likeness (QED) is 0.397. The van der Waals surface area contributed by atoms with Crippen LogP contribution in [0.3, 0.4) is 0 Å². The molecule has 0 heterocycles. The van der Waals surface area contributed by atoms with Crippen molar-refractivity contribution in [2.75, 3.05) is 13.2 Å². The molecule has 4 N–H and O–H groups in total. The maximum atomic E-state index is 10.2. The lowest BCUT2D eigenvalue weighted by atomic mass is 10.8.